The number of ether oxygens (including phenoxy) is 1. The van der Waals surface area contributed by atoms with Crippen molar-refractivity contribution in [2.24, 2.45) is 0 Å². The van der Waals surface area contributed by atoms with E-state index in [1.165, 1.54) is 0 Å². The molecule has 0 saturated carbocycles. The summed E-state index contributed by atoms with van der Waals surface area (Å²) in [6.45, 7) is 5.69. The standard InChI is InChI=1S/C17H25ClN2O2/c1-2-9-19-10-11-20-16(21)17(7-12-22-13-8-17)14-5-3-4-6-15(14)18/h3-6,19H,2,7-13H2,1H3,(H,20,21). The Bertz CT molecular complexity index is 487. The van der Waals surface area contributed by atoms with Gasteiger partial charge in [0.15, 0.2) is 0 Å². The molecule has 1 heterocycles. The molecule has 1 saturated heterocycles. The molecule has 5 heteroatoms. The van der Waals surface area contributed by atoms with Crippen LogP contribution in [-0.4, -0.2) is 38.8 Å². The van der Waals surface area contributed by atoms with E-state index < -0.39 is 5.41 Å². The van der Waals surface area contributed by atoms with E-state index in [1.54, 1.807) is 0 Å². The number of benzene rings is 1. The van der Waals surface area contributed by atoms with Gasteiger partial charge in [0.1, 0.15) is 0 Å². The normalized spacial score (nSPS) is 17.2. The van der Waals surface area contributed by atoms with E-state index in [0.717, 1.165) is 25.1 Å². The highest BCUT2D eigenvalue weighted by Crippen LogP contribution is 2.38. The quantitative estimate of drug-likeness (QED) is 0.758. The van der Waals surface area contributed by atoms with Crippen molar-refractivity contribution in [3.8, 4) is 0 Å². The van der Waals surface area contributed by atoms with Crippen LogP contribution in [0.1, 0.15) is 31.7 Å². The Morgan fingerprint density at radius 1 is 1.23 bits per heavy atom. The van der Waals surface area contributed by atoms with Gasteiger partial charge in [-0.25, -0.2) is 0 Å². The minimum Gasteiger partial charge on any atom is -0.381 e. The van der Waals surface area contributed by atoms with Gasteiger partial charge >= 0.3 is 0 Å². The van der Waals surface area contributed by atoms with Crippen LogP contribution in [0.3, 0.4) is 0 Å². The molecular formula is C17H25ClN2O2. The molecule has 0 radical (unpaired) electrons. The highest BCUT2D eigenvalue weighted by atomic mass is 35.5. The maximum absolute atomic E-state index is 12.9. The van der Waals surface area contributed by atoms with Gasteiger partial charge in [0.25, 0.3) is 0 Å². The molecule has 2 rings (SSSR count). The van der Waals surface area contributed by atoms with Gasteiger partial charge in [0, 0.05) is 31.3 Å². The van der Waals surface area contributed by atoms with Crippen LogP contribution in [0.25, 0.3) is 0 Å². The van der Waals surface area contributed by atoms with Crippen molar-refractivity contribution in [2.75, 3.05) is 32.8 Å². The number of hydrogen-bond acceptors (Lipinski definition) is 3. The maximum atomic E-state index is 12.9. The minimum absolute atomic E-state index is 0.0576. The Kier molecular flexibility index (Phi) is 6.68. The molecule has 0 unspecified atom stereocenters. The Morgan fingerprint density at radius 3 is 2.64 bits per heavy atom. The minimum atomic E-state index is -0.568. The average molecular weight is 325 g/mol. The molecule has 4 nitrogen and oxygen atoms in total. The van der Waals surface area contributed by atoms with Gasteiger partial charge in [-0.2, -0.15) is 0 Å². The lowest BCUT2D eigenvalue weighted by atomic mass is 9.73. The number of hydrogen-bond donors (Lipinski definition) is 2. The highest BCUT2D eigenvalue weighted by Gasteiger charge is 2.42. The van der Waals surface area contributed by atoms with E-state index in [4.69, 9.17) is 16.3 Å². The molecule has 0 aliphatic carbocycles. The highest BCUT2D eigenvalue weighted by molar-refractivity contribution is 6.31. The van der Waals surface area contributed by atoms with Crippen molar-refractivity contribution in [1.82, 2.24) is 10.6 Å². The number of rotatable bonds is 7. The van der Waals surface area contributed by atoms with E-state index in [0.29, 0.717) is 37.6 Å². The van der Waals surface area contributed by atoms with E-state index in [-0.39, 0.29) is 5.91 Å². The van der Waals surface area contributed by atoms with Crippen LogP contribution in [0.2, 0.25) is 5.02 Å². The first kappa shape index (κ1) is 17.3. The molecule has 2 N–H and O–H groups in total. The zero-order valence-electron chi connectivity index (χ0n) is 13.2. The third kappa shape index (κ3) is 4.00. The molecule has 1 aliphatic heterocycles. The first-order valence-electron chi connectivity index (χ1n) is 8.02. The molecule has 0 bridgehead atoms. The van der Waals surface area contributed by atoms with Crippen LogP contribution < -0.4 is 10.6 Å². The van der Waals surface area contributed by atoms with Crippen LogP contribution in [0, 0.1) is 0 Å². The van der Waals surface area contributed by atoms with Crippen molar-refractivity contribution in [2.45, 2.75) is 31.6 Å². The first-order valence-corrected chi connectivity index (χ1v) is 8.40. The van der Waals surface area contributed by atoms with Gasteiger partial charge < -0.3 is 15.4 Å². The molecule has 1 amide bonds. The van der Waals surface area contributed by atoms with Crippen molar-refractivity contribution in [1.29, 1.82) is 0 Å². The van der Waals surface area contributed by atoms with E-state index >= 15 is 0 Å². The summed E-state index contributed by atoms with van der Waals surface area (Å²) in [6, 6.07) is 7.65. The van der Waals surface area contributed by atoms with Crippen molar-refractivity contribution < 1.29 is 9.53 Å². The molecular weight excluding hydrogens is 300 g/mol. The summed E-state index contributed by atoms with van der Waals surface area (Å²) >= 11 is 6.36. The van der Waals surface area contributed by atoms with Crippen molar-refractivity contribution >= 4 is 17.5 Å². The summed E-state index contributed by atoms with van der Waals surface area (Å²) in [5, 5.41) is 7.01. The monoisotopic (exact) mass is 324 g/mol. The molecule has 1 aliphatic rings. The molecule has 0 spiro atoms. The second-order valence-electron chi connectivity index (χ2n) is 5.68. The summed E-state index contributed by atoms with van der Waals surface area (Å²) < 4.78 is 5.46. The van der Waals surface area contributed by atoms with Gasteiger partial charge in [-0.05, 0) is 37.4 Å². The molecule has 0 atom stereocenters. The molecule has 1 aromatic rings. The molecule has 0 aromatic heterocycles. The fourth-order valence-electron chi connectivity index (χ4n) is 2.92. The zero-order valence-corrected chi connectivity index (χ0v) is 13.9. The van der Waals surface area contributed by atoms with E-state index in [9.17, 15) is 4.79 Å². The molecule has 1 fully saturated rings. The smallest absolute Gasteiger partial charge is 0.230 e. The Morgan fingerprint density at radius 2 is 1.95 bits per heavy atom. The number of nitrogens with one attached hydrogen (secondary N) is 2. The lowest BCUT2D eigenvalue weighted by molar-refractivity contribution is -0.130. The van der Waals surface area contributed by atoms with Crippen molar-refractivity contribution in [3.05, 3.63) is 34.9 Å². The van der Waals surface area contributed by atoms with Crippen LogP contribution >= 0.6 is 11.6 Å². The summed E-state index contributed by atoms with van der Waals surface area (Å²) in [6.07, 6.45) is 2.44. The number of amides is 1. The first-order chi connectivity index (χ1) is 10.7. The fraction of sp³-hybridized carbons (Fsp3) is 0.588. The molecule has 122 valence electrons. The Labute approximate surface area is 137 Å². The summed E-state index contributed by atoms with van der Waals surface area (Å²) in [4.78, 5) is 12.9. The van der Waals surface area contributed by atoms with Crippen molar-refractivity contribution in [3.63, 3.8) is 0 Å². The van der Waals surface area contributed by atoms with Crippen LogP contribution in [-0.2, 0) is 14.9 Å². The third-order valence-corrected chi connectivity index (χ3v) is 4.51. The lowest BCUT2D eigenvalue weighted by Crippen LogP contribution is -2.49. The third-order valence-electron chi connectivity index (χ3n) is 4.18. The van der Waals surface area contributed by atoms with E-state index in [1.807, 2.05) is 24.3 Å². The van der Waals surface area contributed by atoms with Gasteiger partial charge in [-0.3, -0.25) is 4.79 Å². The second kappa shape index (κ2) is 8.51. The fourth-order valence-corrected chi connectivity index (χ4v) is 3.24. The van der Waals surface area contributed by atoms with Gasteiger partial charge in [0.05, 0.1) is 5.41 Å². The van der Waals surface area contributed by atoms with E-state index in [2.05, 4.69) is 17.6 Å². The maximum Gasteiger partial charge on any atom is 0.230 e. The van der Waals surface area contributed by atoms with Crippen LogP contribution in [0.15, 0.2) is 24.3 Å². The number of carbonyl (C=O) groups excluding carboxylic acids is 1. The summed E-state index contributed by atoms with van der Waals surface area (Å²) in [5.41, 5.74) is 0.348. The summed E-state index contributed by atoms with van der Waals surface area (Å²) in [5.74, 6) is 0.0576. The lowest BCUT2D eigenvalue weighted by Gasteiger charge is -2.36. The Hall–Kier alpha value is -1.10. The van der Waals surface area contributed by atoms with Gasteiger partial charge in [-0.15, -0.1) is 0 Å². The Balaban J connectivity index is 2.09. The number of carbonyl (C=O) groups is 1. The SMILES string of the molecule is CCCNCCNC(=O)C1(c2ccccc2Cl)CCOCC1. The van der Waals surface area contributed by atoms with Crippen LogP contribution in [0.5, 0.6) is 0 Å². The second-order valence-corrected chi connectivity index (χ2v) is 6.09. The predicted octanol–water partition coefficient (Wildman–Crippen LogP) is 2.50. The average Bonchev–Trinajstić information content (AvgIpc) is 2.55. The largest absolute Gasteiger partial charge is 0.381 e. The summed E-state index contributed by atoms with van der Waals surface area (Å²) in [7, 11) is 0. The predicted molar refractivity (Wildman–Crippen MR) is 89.4 cm³/mol. The number of halogens is 1. The molecule has 22 heavy (non-hydrogen) atoms. The van der Waals surface area contributed by atoms with Gasteiger partial charge in [-0.1, -0.05) is 36.7 Å². The van der Waals surface area contributed by atoms with Gasteiger partial charge in [0.2, 0.25) is 5.91 Å². The van der Waals surface area contributed by atoms with Crippen LogP contribution in [0.4, 0.5) is 0 Å². The molecule has 1 aromatic carbocycles. The zero-order chi connectivity index (χ0) is 15.8. The topological polar surface area (TPSA) is 50.4 Å².